The molecule has 9 heterocycles. The average molecular weight is 1310 g/mol. The molecule has 0 aliphatic carbocycles. The molecule has 0 aromatic carbocycles. The summed E-state index contributed by atoms with van der Waals surface area (Å²) in [5.74, 6) is 5.71. The number of hydrogen-bond acceptors (Lipinski definition) is 27. The Morgan fingerprint density at radius 1 is 0.398 bits per heavy atom. The minimum Gasteiger partial charge on any atom is -0.384 e. The Bertz CT molecular complexity index is 3560. The van der Waals surface area contributed by atoms with Gasteiger partial charge in [0.15, 0.2) is 34.4 Å². The summed E-state index contributed by atoms with van der Waals surface area (Å²) in [6.07, 6.45) is 0. The number of aromatic nitrogens is 12. The van der Waals surface area contributed by atoms with Crippen molar-refractivity contribution >= 4 is 74.4 Å². The van der Waals surface area contributed by atoms with Gasteiger partial charge in [0.1, 0.15) is 102 Å². The molecule has 3 aliphatic rings. The molecule has 0 radical (unpaired) electrons. The Morgan fingerprint density at radius 3 is 0.920 bits per heavy atom. The molecule has 9 rings (SSSR count). The summed E-state index contributed by atoms with van der Waals surface area (Å²) < 4.78 is 83.0. The van der Waals surface area contributed by atoms with Crippen molar-refractivity contribution < 1.29 is 90.5 Å². The highest BCUT2D eigenvalue weighted by atomic mass is 31.2. The minimum absolute atomic E-state index is 0.457. The molecule has 3 fully saturated rings. The average Bonchev–Trinajstić information content (AvgIpc) is 1.54. The van der Waals surface area contributed by atoms with Crippen LogP contribution in [0.2, 0.25) is 0 Å². The lowest BCUT2D eigenvalue weighted by molar-refractivity contribution is -0.172. The lowest BCUT2D eigenvalue weighted by Gasteiger charge is -2.46. The van der Waals surface area contributed by atoms with Crippen LogP contribution in [0.3, 0.4) is 0 Å². The van der Waals surface area contributed by atoms with E-state index in [1.54, 1.807) is 20.8 Å². The topological polar surface area (TPSA) is 528 Å². The number of rotatable bonds is 13. The van der Waals surface area contributed by atoms with Gasteiger partial charge >= 0.3 is 23.5 Å². The summed E-state index contributed by atoms with van der Waals surface area (Å²) >= 11 is 0. The molecule has 11 atom stereocenters. The molecule has 494 valence electrons. The van der Waals surface area contributed by atoms with E-state index in [9.17, 15) is 53.7 Å². The first-order valence-electron chi connectivity index (χ1n) is 27.4. The Kier molecular flexibility index (Phi) is 18.9. The third-order valence-electron chi connectivity index (χ3n) is 17.7. The summed E-state index contributed by atoms with van der Waals surface area (Å²) in [7, 11) is -15.5. The second kappa shape index (κ2) is 23.0. The summed E-state index contributed by atoms with van der Waals surface area (Å²) in [4.78, 5) is 86.3. The number of fused-ring (bicyclic) bond motifs is 3. The highest BCUT2D eigenvalue weighted by Crippen LogP contribution is 2.65. The van der Waals surface area contributed by atoms with Gasteiger partial charge in [-0.05, 0) is 145 Å². The molecule has 88 heavy (non-hydrogen) atoms. The largest absolute Gasteiger partial charge is 0.473 e. The molecule has 0 bridgehead atoms. The van der Waals surface area contributed by atoms with Crippen LogP contribution in [0.4, 0.5) is 17.5 Å². The van der Waals surface area contributed by atoms with E-state index in [1.807, 2.05) is 20.8 Å². The number of H-pyrrole nitrogens is 3. The molecule has 3 aliphatic heterocycles. The second-order valence-electron chi connectivity index (χ2n) is 25.3. The Hall–Kier alpha value is -4.90. The van der Waals surface area contributed by atoms with Crippen LogP contribution in [-0.4, -0.2) is 187 Å². The number of anilines is 3. The van der Waals surface area contributed by atoms with Gasteiger partial charge in [-0.15, -0.1) is 0 Å². The van der Waals surface area contributed by atoms with E-state index in [0.29, 0.717) is 51.9 Å². The molecule has 0 amide bonds. The van der Waals surface area contributed by atoms with Crippen molar-refractivity contribution in [1.29, 1.82) is 0 Å². The fourth-order valence-corrected chi connectivity index (χ4v) is 14.1. The number of nitrogen functional groups attached to an aromatic ring is 3. The smallest absolute Gasteiger partial charge is 0.384 e. The molecule has 37 heteroatoms. The molecule has 34 nitrogen and oxygen atoms in total. The minimum atomic E-state index is -5.27. The van der Waals surface area contributed by atoms with Crippen LogP contribution in [0.5, 0.6) is 0 Å². The number of phosphoric ester groups is 3. The van der Waals surface area contributed by atoms with Gasteiger partial charge in [-0.25, -0.2) is 58.6 Å². The first-order chi connectivity index (χ1) is 39.4. The van der Waals surface area contributed by atoms with Crippen LogP contribution >= 0.6 is 23.5 Å². The van der Waals surface area contributed by atoms with Crippen molar-refractivity contribution in [3.63, 3.8) is 0 Å². The van der Waals surface area contributed by atoms with Crippen LogP contribution in [0, 0.1) is 41.5 Å². The molecule has 8 unspecified atom stereocenters. The molecule has 0 spiro atoms. The maximum absolute atomic E-state index is 13.6. The van der Waals surface area contributed by atoms with Gasteiger partial charge in [-0.3, -0.25) is 22.6 Å². The fourth-order valence-electron chi connectivity index (χ4n) is 11.0. The number of aliphatic hydroxyl groups is 4. The van der Waals surface area contributed by atoms with Gasteiger partial charge in [0.25, 0.3) is 0 Å². The summed E-state index contributed by atoms with van der Waals surface area (Å²) in [6.45, 7) is 28.6. The third-order valence-corrected chi connectivity index (χ3v) is 20.3. The van der Waals surface area contributed by atoms with Crippen LogP contribution in [-0.2, 0) is 50.5 Å². The zero-order valence-electron chi connectivity index (χ0n) is 53.3. The molecule has 6 aromatic heterocycles. The molecular weight excluding hydrogens is 1220 g/mol. The van der Waals surface area contributed by atoms with Crippen molar-refractivity contribution in [2.75, 3.05) is 37.0 Å². The quantitative estimate of drug-likeness (QED) is 0.0719. The summed E-state index contributed by atoms with van der Waals surface area (Å²) in [5.41, 5.74) is -1.71. The Morgan fingerprint density at radius 2 is 0.659 bits per heavy atom. The Labute approximate surface area is 507 Å². The monoisotopic (exact) mass is 1310 g/mol. The normalized spacial score (nSPS) is 32.8. The number of nitrogens with zero attached hydrogens (tertiary/aromatic N) is 9. The zero-order chi connectivity index (χ0) is 67.4. The summed E-state index contributed by atoms with van der Waals surface area (Å²) in [6, 6.07) is 0. The van der Waals surface area contributed by atoms with Crippen molar-refractivity contribution in [3.05, 3.63) is 34.9 Å². The number of nitrogens with two attached hydrogens (primary N) is 3. The van der Waals surface area contributed by atoms with Crippen LogP contribution in [0.25, 0.3) is 33.5 Å². The van der Waals surface area contributed by atoms with Gasteiger partial charge in [0.2, 0.25) is 0 Å². The zero-order valence-corrected chi connectivity index (χ0v) is 56.0. The van der Waals surface area contributed by atoms with E-state index in [1.165, 1.54) is 104 Å². The fraction of sp³-hybridized carbons (Fsp3) is 0.706. The molecule has 3 saturated heterocycles. The maximum Gasteiger partial charge on any atom is 0.473 e. The third kappa shape index (κ3) is 13.1. The van der Waals surface area contributed by atoms with E-state index in [-0.39, 0.29) is 0 Å². The number of nitrogens with one attached hydrogen (secondary N) is 3. The first kappa shape index (κ1) is 72.2. The van der Waals surface area contributed by atoms with Crippen molar-refractivity contribution in [2.45, 2.75) is 213 Å². The second-order valence-corrected chi connectivity index (χ2v) is 29.3. The van der Waals surface area contributed by atoms with E-state index in [4.69, 9.17) is 49.5 Å². The van der Waals surface area contributed by atoms with Gasteiger partial charge in [0, 0.05) is 0 Å². The highest BCUT2D eigenvalue weighted by Gasteiger charge is 2.76. The lowest BCUT2D eigenvalue weighted by atomic mass is 9.71. The van der Waals surface area contributed by atoms with E-state index >= 15 is 0 Å². The van der Waals surface area contributed by atoms with Gasteiger partial charge in [-0.2, -0.15) is 0 Å². The number of phosphoric acid groups is 3. The van der Waals surface area contributed by atoms with E-state index in [0.717, 1.165) is 34.0 Å². The number of hydrogen-bond donors (Lipinski definition) is 14. The number of imidazole rings is 3. The molecule has 6 aromatic rings. The molecule has 17 N–H and O–H groups in total. The van der Waals surface area contributed by atoms with Crippen molar-refractivity contribution in [2.24, 2.45) is 0 Å². The van der Waals surface area contributed by atoms with Crippen molar-refractivity contribution in [1.82, 2.24) is 59.8 Å². The maximum atomic E-state index is 13.6. The lowest BCUT2D eigenvalue weighted by Crippen LogP contribution is -2.64. The SMILES string of the molecule is CC1(C)O[C@](C)(COP(=O)(O)OC2(C)C(C)(C)O[C@](C)(COP(=O)(O)OC3(C)C(C)(C)O[C@](C)(COP(=O)(O)O)C3(C)O)C2(C)O)C(C)(O)C1(C)O.Cc1nc(N)c2[nH]c(C)nc2n1.Cc1nc(N)c2[nH]c(C)nc2n1.Cc1nc(N)c2[nH]c(C)nc2n1. The first-order valence-corrected chi connectivity index (χ1v) is 31.9. The highest BCUT2D eigenvalue weighted by molar-refractivity contribution is 7.47. The number of ether oxygens (including phenoxy) is 3. The number of aromatic amines is 3. The predicted octanol–water partition coefficient (Wildman–Crippen LogP) is 4.24. The van der Waals surface area contributed by atoms with Gasteiger partial charge in [0.05, 0.1) is 36.6 Å². The van der Waals surface area contributed by atoms with E-state index < -0.39 is 111 Å². The van der Waals surface area contributed by atoms with Crippen LogP contribution in [0.15, 0.2) is 0 Å². The summed E-state index contributed by atoms with van der Waals surface area (Å²) in [5, 5.41) is 46.0. The van der Waals surface area contributed by atoms with Gasteiger partial charge in [-0.1, -0.05) is 0 Å². The number of aryl methyl sites for hydroxylation is 6. The van der Waals surface area contributed by atoms with Gasteiger partial charge < -0.3 is 86.4 Å². The van der Waals surface area contributed by atoms with Crippen molar-refractivity contribution in [3.8, 4) is 0 Å². The standard InChI is InChI=1S/C30H59O19P3.3C7H9N5/c1-19(2)25(10,31)26(11,32)22(7,45-19)17-43-51(38,39)49-30(15)21(5,6)47-24(9,28(30,13)34)18-44-52(40,41)48-29(14)20(3,4)46-23(8,27(29,12)33)16-42-50(35,36)37;3*1-3-9-5-6(8)10-4(2)12-7(5)11-3/h31-34H,16-18H2,1-15H3,(H,38,39)(H,40,41)(H2,35,36,37);3*1-2H3,(H3,8,9,10,11,12)/t22-,23-,24-,25?,26?,27?,28?,29?,30?;;;/m1.../s1. The van der Waals surface area contributed by atoms with E-state index in [2.05, 4.69) is 64.3 Å². The van der Waals surface area contributed by atoms with Crippen LogP contribution < -0.4 is 17.2 Å². The predicted molar refractivity (Wildman–Crippen MR) is 318 cm³/mol. The van der Waals surface area contributed by atoms with Crippen LogP contribution in [0.1, 0.15) is 139 Å². The Balaban J connectivity index is 0.000000267. The molecule has 0 saturated carbocycles. The molecular formula is C51H86N15O19P3.